The van der Waals surface area contributed by atoms with Crippen molar-refractivity contribution in [3.8, 4) is 0 Å². The molecule has 0 aliphatic carbocycles. The van der Waals surface area contributed by atoms with Crippen LogP contribution in [0.15, 0.2) is 12.2 Å². The summed E-state index contributed by atoms with van der Waals surface area (Å²) in [4.78, 5) is 23.0. The van der Waals surface area contributed by atoms with Crippen molar-refractivity contribution in [3.63, 3.8) is 0 Å². The second-order valence-electron chi connectivity index (χ2n) is 5.69. The Morgan fingerprint density at radius 2 is 1.78 bits per heavy atom. The van der Waals surface area contributed by atoms with Crippen LogP contribution in [0.4, 0.5) is 0 Å². The molecule has 0 aliphatic rings. The minimum Gasteiger partial charge on any atom is -0.465 e. The molecule has 18 heavy (non-hydrogen) atoms. The van der Waals surface area contributed by atoms with E-state index in [4.69, 9.17) is 9.47 Å². The molecule has 0 bridgehead atoms. The van der Waals surface area contributed by atoms with Crippen molar-refractivity contribution in [2.24, 2.45) is 5.92 Å². The molecule has 0 N–H and O–H groups in total. The van der Waals surface area contributed by atoms with E-state index in [1.165, 1.54) is 0 Å². The Morgan fingerprint density at radius 1 is 1.22 bits per heavy atom. The van der Waals surface area contributed by atoms with Crippen molar-refractivity contribution in [2.75, 3.05) is 6.61 Å². The molecular weight excluding hydrogens is 232 g/mol. The van der Waals surface area contributed by atoms with Gasteiger partial charge in [-0.25, -0.2) is 4.79 Å². The van der Waals surface area contributed by atoms with E-state index >= 15 is 0 Å². The number of rotatable bonds is 6. The summed E-state index contributed by atoms with van der Waals surface area (Å²) in [6.45, 7) is 13.3. The highest BCUT2D eigenvalue weighted by atomic mass is 16.6. The summed E-state index contributed by atoms with van der Waals surface area (Å²) in [5.41, 5.74) is -0.457. The van der Waals surface area contributed by atoms with Gasteiger partial charge in [0.05, 0.1) is 13.0 Å². The summed E-state index contributed by atoms with van der Waals surface area (Å²) in [6, 6.07) is 0. The van der Waals surface area contributed by atoms with Crippen molar-refractivity contribution in [1.82, 2.24) is 0 Å². The fourth-order valence-corrected chi connectivity index (χ4v) is 1.06. The lowest BCUT2D eigenvalue weighted by atomic mass is 10.1. The van der Waals surface area contributed by atoms with Crippen molar-refractivity contribution in [3.05, 3.63) is 12.2 Å². The molecule has 0 unspecified atom stereocenters. The largest absolute Gasteiger partial charge is 0.465 e. The predicted molar refractivity (Wildman–Crippen MR) is 70.0 cm³/mol. The topological polar surface area (TPSA) is 52.6 Å². The van der Waals surface area contributed by atoms with Gasteiger partial charge in [-0.05, 0) is 33.1 Å². The molecule has 0 saturated carbocycles. The van der Waals surface area contributed by atoms with Crippen LogP contribution in [0.1, 0.15) is 47.5 Å². The Labute approximate surface area is 109 Å². The number of carbonyl (C=O) groups excluding carboxylic acids is 2. The average Bonchev–Trinajstić information content (AvgIpc) is 2.13. The lowest BCUT2D eigenvalue weighted by molar-refractivity contribution is -0.152. The first-order valence-corrected chi connectivity index (χ1v) is 6.18. The van der Waals surface area contributed by atoms with Crippen LogP contribution >= 0.6 is 0 Å². The van der Waals surface area contributed by atoms with Gasteiger partial charge in [0.1, 0.15) is 5.60 Å². The number of ether oxygens (including phenoxy) is 2. The molecule has 104 valence electrons. The zero-order valence-electron chi connectivity index (χ0n) is 12.0. The summed E-state index contributed by atoms with van der Waals surface area (Å²) >= 11 is 0. The van der Waals surface area contributed by atoms with Crippen LogP contribution in [0.5, 0.6) is 0 Å². The smallest absolute Gasteiger partial charge is 0.334 e. The number of hydrogen-bond acceptors (Lipinski definition) is 4. The van der Waals surface area contributed by atoms with Gasteiger partial charge in [-0.3, -0.25) is 4.79 Å². The van der Waals surface area contributed by atoms with E-state index in [1.807, 2.05) is 13.8 Å². The quantitative estimate of drug-likeness (QED) is 0.541. The lowest BCUT2D eigenvalue weighted by Crippen LogP contribution is -2.25. The molecule has 4 nitrogen and oxygen atoms in total. The lowest BCUT2D eigenvalue weighted by Gasteiger charge is -2.20. The number of esters is 2. The Bertz CT molecular complexity index is 310. The monoisotopic (exact) mass is 256 g/mol. The fraction of sp³-hybridized carbons (Fsp3) is 0.714. The van der Waals surface area contributed by atoms with Gasteiger partial charge in [0, 0.05) is 5.57 Å². The first-order chi connectivity index (χ1) is 8.11. The molecule has 0 amide bonds. The number of carbonyl (C=O) groups is 2. The SMILES string of the molecule is C=C(CC(=O)OCCC(C)C)C(=O)OC(C)(C)C. The molecule has 0 rings (SSSR count). The van der Waals surface area contributed by atoms with Gasteiger partial charge in [0.15, 0.2) is 0 Å². The molecule has 0 fully saturated rings. The highest BCUT2D eigenvalue weighted by molar-refractivity contribution is 5.93. The summed E-state index contributed by atoms with van der Waals surface area (Å²) in [6.07, 6.45) is 0.692. The van der Waals surface area contributed by atoms with Crippen LogP contribution < -0.4 is 0 Å². The maximum atomic E-state index is 11.5. The van der Waals surface area contributed by atoms with Gasteiger partial charge in [0.2, 0.25) is 0 Å². The third-order valence-corrected chi connectivity index (χ3v) is 2.00. The van der Waals surface area contributed by atoms with Crippen LogP contribution in [0, 0.1) is 5.92 Å². The minimum absolute atomic E-state index is 0.118. The van der Waals surface area contributed by atoms with E-state index in [1.54, 1.807) is 20.8 Å². The zero-order valence-corrected chi connectivity index (χ0v) is 12.0. The van der Waals surface area contributed by atoms with Crippen LogP contribution in [-0.2, 0) is 19.1 Å². The van der Waals surface area contributed by atoms with Gasteiger partial charge in [-0.15, -0.1) is 0 Å². The van der Waals surface area contributed by atoms with Crippen molar-refractivity contribution in [1.29, 1.82) is 0 Å². The Morgan fingerprint density at radius 3 is 2.22 bits per heavy atom. The van der Waals surface area contributed by atoms with E-state index in [-0.39, 0.29) is 12.0 Å². The molecule has 0 heterocycles. The Hall–Kier alpha value is -1.32. The fourth-order valence-electron chi connectivity index (χ4n) is 1.06. The van der Waals surface area contributed by atoms with E-state index in [9.17, 15) is 9.59 Å². The summed E-state index contributed by atoms with van der Waals surface area (Å²) in [7, 11) is 0. The van der Waals surface area contributed by atoms with Crippen LogP contribution in [0.2, 0.25) is 0 Å². The zero-order chi connectivity index (χ0) is 14.3. The first kappa shape index (κ1) is 16.7. The second-order valence-corrected chi connectivity index (χ2v) is 5.69. The van der Waals surface area contributed by atoms with Crippen LogP contribution in [-0.4, -0.2) is 24.1 Å². The summed E-state index contributed by atoms with van der Waals surface area (Å²) in [5, 5.41) is 0. The van der Waals surface area contributed by atoms with Crippen LogP contribution in [0.25, 0.3) is 0 Å². The Balaban J connectivity index is 4.01. The first-order valence-electron chi connectivity index (χ1n) is 6.18. The Kier molecular flexibility index (Phi) is 6.66. The van der Waals surface area contributed by atoms with Gasteiger partial charge in [-0.1, -0.05) is 20.4 Å². The van der Waals surface area contributed by atoms with Gasteiger partial charge < -0.3 is 9.47 Å². The van der Waals surface area contributed by atoms with E-state index in [0.717, 1.165) is 6.42 Å². The molecule has 0 atom stereocenters. The molecule has 0 saturated heterocycles. The van der Waals surface area contributed by atoms with Gasteiger partial charge in [-0.2, -0.15) is 0 Å². The standard InChI is InChI=1S/C14H24O4/c1-10(2)7-8-17-12(15)9-11(3)13(16)18-14(4,5)6/h10H,3,7-9H2,1-2,4-6H3. The normalized spacial score (nSPS) is 11.2. The summed E-state index contributed by atoms with van der Waals surface area (Å²) in [5.74, 6) is -0.512. The molecular formula is C14H24O4. The third-order valence-electron chi connectivity index (χ3n) is 2.00. The second kappa shape index (κ2) is 7.19. The van der Waals surface area contributed by atoms with Gasteiger partial charge in [0.25, 0.3) is 0 Å². The highest BCUT2D eigenvalue weighted by Crippen LogP contribution is 2.12. The van der Waals surface area contributed by atoms with E-state index < -0.39 is 17.5 Å². The molecule has 0 aliphatic heterocycles. The molecule has 0 spiro atoms. The van der Waals surface area contributed by atoms with E-state index in [2.05, 4.69) is 6.58 Å². The molecule has 0 aromatic rings. The number of hydrogen-bond donors (Lipinski definition) is 0. The van der Waals surface area contributed by atoms with Crippen molar-refractivity contribution in [2.45, 2.75) is 53.1 Å². The van der Waals surface area contributed by atoms with Crippen LogP contribution in [0.3, 0.4) is 0 Å². The average molecular weight is 256 g/mol. The molecule has 4 heteroatoms. The van der Waals surface area contributed by atoms with Crippen molar-refractivity contribution < 1.29 is 19.1 Å². The maximum Gasteiger partial charge on any atom is 0.334 e. The maximum absolute atomic E-state index is 11.5. The minimum atomic E-state index is -0.582. The highest BCUT2D eigenvalue weighted by Gasteiger charge is 2.20. The third kappa shape index (κ3) is 8.79. The summed E-state index contributed by atoms with van der Waals surface area (Å²) < 4.78 is 10.1. The van der Waals surface area contributed by atoms with Gasteiger partial charge >= 0.3 is 11.9 Å². The molecule has 0 aromatic carbocycles. The van der Waals surface area contributed by atoms with Crippen molar-refractivity contribution >= 4 is 11.9 Å². The van der Waals surface area contributed by atoms with E-state index in [0.29, 0.717) is 12.5 Å². The molecule has 0 radical (unpaired) electrons. The molecule has 0 aromatic heterocycles. The predicted octanol–water partition coefficient (Wildman–Crippen LogP) is 2.86.